The minimum Gasteiger partial charge on any atom is -0.378 e. The average Bonchev–Trinajstić information content (AvgIpc) is 2.59. The predicted molar refractivity (Wildman–Crippen MR) is 98.1 cm³/mol. The zero-order valence-corrected chi connectivity index (χ0v) is 14.0. The molecule has 0 aromatic heterocycles. The van der Waals surface area contributed by atoms with Crippen molar-refractivity contribution in [1.82, 2.24) is 0 Å². The third-order valence-electron chi connectivity index (χ3n) is 5.11. The number of fused-ring (bicyclic) bond motifs is 5. The lowest BCUT2D eigenvalue weighted by molar-refractivity contribution is 0.0477. The highest BCUT2D eigenvalue weighted by atomic mass is 16.5. The van der Waals surface area contributed by atoms with Gasteiger partial charge in [-0.15, -0.1) is 0 Å². The van der Waals surface area contributed by atoms with Crippen LogP contribution in [0, 0.1) is 5.92 Å². The topological polar surface area (TPSA) is 9.23 Å². The molecule has 0 N–H and O–H groups in total. The minimum absolute atomic E-state index is 0.333. The van der Waals surface area contributed by atoms with Gasteiger partial charge in [-0.25, -0.2) is 0 Å². The molecule has 1 unspecified atom stereocenters. The van der Waals surface area contributed by atoms with Crippen molar-refractivity contribution in [2.24, 2.45) is 5.92 Å². The largest absolute Gasteiger partial charge is 0.378 e. The summed E-state index contributed by atoms with van der Waals surface area (Å²) in [5, 5.41) is 5.56. The fourth-order valence-electron chi connectivity index (χ4n) is 3.91. The Hall–Kier alpha value is -1.86. The van der Waals surface area contributed by atoms with Gasteiger partial charge in [0.25, 0.3) is 0 Å². The SMILES string of the molecule is CC(C)OCC1CCc2c(ccc3c2ccc2ccccc23)C1. The summed E-state index contributed by atoms with van der Waals surface area (Å²) in [5.41, 5.74) is 3.09. The molecule has 4 rings (SSSR count). The van der Waals surface area contributed by atoms with Crippen molar-refractivity contribution in [3.63, 3.8) is 0 Å². The molecule has 1 atom stereocenters. The second kappa shape index (κ2) is 5.98. The molecule has 1 nitrogen and oxygen atoms in total. The van der Waals surface area contributed by atoms with Crippen molar-refractivity contribution in [3.8, 4) is 0 Å². The van der Waals surface area contributed by atoms with Crippen LogP contribution < -0.4 is 0 Å². The number of rotatable bonds is 3. The second-order valence-electron chi connectivity index (χ2n) is 7.08. The monoisotopic (exact) mass is 304 g/mol. The van der Waals surface area contributed by atoms with Crippen LogP contribution >= 0.6 is 0 Å². The summed E-state index contributed by atoms with van der Waals surface area (Å²) in [6.07, 6.45) is 3.91. The maximum atomic E-state index is 5.84. The number of aryl methyl sites for hydroxylation is 1. The van der Waals surface area contributed by atoms with E-state index in [-0.39, 0.29) is 0 Å². The molecule has 1 aliphatic carbocycles. The van der Waals surface area contributed by atoms with Gasteiger partial charge < -0.3 is 4.74 Å². The molecule has 0 amide bonds. The second-order valence-corrected chi connectivity index (χ2v) is 7.08. The first kappa shape index (κ1) is 14.7. The quantitative estimate of drug-likeness (QED) is 0.579. The maximum absolute atomic E-state index is 5.84. The van der Waals surface area contributed by atoms with E-state index in [9.17, 15) is 0 Å². The van der Waals surface area contributed by atoms with Crippen molar-refractivity contribution >= 4 is 21.5 Å². The molecular formula is C22H24O. The summed E-state index contributed by atoms with van der Waals surface area (Å²) < 4.78 is 5.84. The summed E-state index contributed by atoms with van der Waals surface area (Å²) in [7, 11) is 0. The third-order valence-corrected chi connectivity index (χ3v) is 5.11. The molecule has 0 saturated carbocycles. The molecule has 0 heterocycles. The van der Waals surface area contributed by atoms with Gasteiger partial charge in [0.2, 0.25) is 0 Å². The Kier molecular flexibility index (Phi) is 3.82. The third kappa shape index (κ3) is 2.74. The Morgan fingerprint density at radius 2 is 1.78 bits per heavy atom. The molecule has 1 heteroatoms. The van der Waals surface area contributed by atoms with Crippen molar-refractivity contribution in [1.29, 1.82) is 0 Å². The number of benzene rings is 3. The van der Waals surface area contributed by atoms with E-state index >= 15 is 0 Å². The fraction of sp³-hybridized carbons (Fsp3) is 0.364. The molecule has 3 aromatic rings. The van der Waals surface area contributed by atoms with Crippen LogP contribution in [0.25, 0.3) is 21.5 Å². The molecule has 118 valence electrons. The lowest BCUT2D eigenvalue weighted by Crippen LogP contribution is -2.21. The fourth-order valence-corrected chi connectivity index (χ4v) is 3.91. The van der Waals surface area contributed by atoms with Crippen LogP contribution in [0.1, 0.15) is 31.4 Å². The van der Waals surface area contributed by atoms with E-state index in [0.29, 0.717) is 12.0 Å². The number of hydrogen-bond donors (Lipinski definition) is 0. The molecule has 0 aliphatic heterocycles. The predicted octanol–water partition coefficient (Wildman–Crippen LogP) is 5.52. The van der Waals surface area contributed by atoms with Gasteiger partial charge in [-0.1, -0.05) is 48.5 Å². The maximum Gasteiger partial charge on any atom is 0.0519 e. The molecule has 0 spiro atoms. The van der Waals surface area contributed by atoms with E-state index in [1.54, 1.807) is 5.56 Å². The summed E-state index contributed by atoms with van der Waals surface area (Å²) in [6, 6.07) is 18.0. The van der Waals surface area contributed by atoms with Gasteiger partial charge >= 0.3 is 0 Å². The first-order valence-corrected chi connectivity index (χ1v) is 8.76. The van der Waals surface area contributed by atoms with Crippen molar-refractivity contribution in [3.05, 3.63) is 59.7 Å². The van der Waals surface area contributed by atoms with E-state index in [1.807, 2.05) is 0 Å². The van der Waals surface area contributed by atoms with Crippen LogP contribution in [-0.2, 0) is 17.6 Å². The Morgan fingerprint density at radius 3 is 2.65 bits per heavy atom. The Balaban J connectivity index is 1.73. The molecule has 0 bridgehead atoms. The minimum atomic E-state index is 0.333. The van der Waals surface area contributed by atoms with Crippen LogP contribution in [0.15, 0.2) is 48.5 Å². The van der Waals surface area contributed by atoms with Crippen LogP contribution in [0.2, 0.25) is 0 Å². The van der Waals surface area contributed by atoms with Crippen molar-refractivity contribution in [2.45, 2.75) is 39.2 Å². The highest BCUT2D eigenvalue weighted by molar-refractivity contribution is 6.08. The van der Waals surface area contributed by atoms with Crippen LogP contribution in [0.5, 0.6) is 0 Å². The summed E-state index contributed by atoms with van der Waals surface area (Å²) >= 11 is 0. The van der Waals surface area contributed by atoms with Crippen LogP contribution in [-0.4, -0.2) is 12.7 Å². The first-order valence-electron chi connectivity index (χ1n) is 8.76. The van der Waals surface area contributed by atoms with Crippen LogP contribution in [0.4, 0.5) is 0 Å². The van der Waals surface area contributed by atoms with Crippen molar-refractivity contribution < 1.29 is 4.74 Å². The zero-order valence-electron chi connectivity index (χ0n) is 14.0. The lowest BCUT2D eigenvalue weighted by atomic mass is 9.81. The Labute approximate surface area is 138 Å². The molecule has 0 saturated heterocycles. The van der Waals surface area contributed by atoms with Gasteiger partial charge in [0, 0.05) is 0 Å². The highest BCUT2D eigenvalue weighted by Gasteiger charge is 2.21. The standard InChI is InChI=1S/C22H24O/c1-15(2)23-14-16-7-10-20-18(13-16)9-12-21-19-6-4-3-5-17(19)8-11-22(20)21/h3-6,8-9,11-12,15-16H,7,10,13-14H2,1-2H3. The number of hydrogen-bond acceptors (Lipinski definition) is 1. The molecular weight excluding hydrogens is 280 g/mol. The van der Waals surface area contributed by atoms with E-state index in [0.717, 1.165) is 13.0 Å². The highest BCUT2D eigenvalue weighted by Crippen LogP contribution is 2.34. The summed E-state index contributed by atoms with van der Waals surface area (Å²) in [4.78, 5) is 0. The van der Waals surface area contributed by atoms with E-state index in [2.05, 4.69) is 62.4 Å². The van der Waals surface area contributed by atoms with Gasteiger partial charge in [-0.2, -0.15) is 0 Å². The smallest absolute Gasteiger partial charge is 0.0519 e. The van der Waals surface area contributed by atoms with Gasteiger partial charge in [0.05, 0.1) is 12.7 Å². The first-order chi connectivity index (χ1) is 11.2. The molecule has 23 heavy (non-hydrogen) atoms. The van der Waals surface area contributed by atoms with Crippen LogP contribution in [0.3, 0.4) is 0 Å². The average molecular weight is 304 g/mol. The molecule has 3 aromatic carbocycles. The van der Waals surface area contributed by atoms with Gasteiger partial charge in [0.15, 0.2) is 0 Å². The molecule has 1 aliphatic rings. The Morgan fingerprint density at radius 1 is 0.957 bits per heavy atom. The van der Waals surface area contributed by atoms with Gasteiger partial charge in [-0.3, -0.25) is 0 Å². The summed E-state index contributed by atoms with van der Waals surface area (Å²) in [6.45, 7) is 5.14. The Bertz CT molecular complexity index is 847. The molecule has 0 fully saturated rings. The van der Waals surface area contributed by atoms with Gasteiger partial charge in [0.1, 0.15) is 0 Å². The summed E-state index contributed by atoms with van der Waals surface area (Å²) in [5.74, 6) is 0.669. The van der Waals surface area contributed by atoms with Crippen molar-refractivity contribution in [2.75, 3.05) is 6.61 Å². The zero-order chi connectivity index (χ0) is 15.8. The number of ether oxygens (including phenoxy) is 1. The van der Waals surface area contributed by atoms with E-state index in [1.165, 1.54) is 39.9 Å². The molecule has 0 radical (unpaired) electrons. The van der Waals surface area contributed by atoms with Gasteiger partial charge in [-0.05, 0) is 71.7 Å². The lowest BCUT2D eigenvalue weighted by Gasteiger charge is -2.26. The van der Waals surface area contributed by atoms with E-state index < -0.39 is 0 Å². The van der Waals surface area contributed by atoms with E-state index in [4.69, 9.17) is 4.74 Å². The normalized spacial score (nSPS) is 17.8.